The predicted molar refractivity (Wildman–Crippen MR) is 69.3 cm³/mol. The molecule has 0 radical (unpaired) electrons. The molecule has 0 aliphatic heterocycles. The van der Waals surface area contributed by atoms with Crippen molar-refractivity contribution in [3.63, 3.8) is 0 Å². The molecule has 3 nitrogen and oxygen atoms in total. The Morgan fingerprint density at radius 3 is 2.44 bits per heavy atom. The van der Waals surface area contributed by atoms with Crippen LogP contribution in [0.5, 0.6) is 0 Å². The van der Waals surface area contributed by atoms with Gasteiger partial charge in [0.05, 0.1) is 5.92 Å². The van der Waals surface area contributed by atoms with E-state index in [1.807, 2.05) is 30.3 Å². The maximum Gasteiger partial charge on any atom is 0.310 e. The minimum atomic E-state index is -0.827. The van der Waals surface area contributed by atoms with E-state index >= 15 is 0 Å². The van der Waals surface area contributed by atoms with E-state index in [4.69, 9.17) is 5.11 Å². The first-order valence-electron chi connectivity index (χ1n) is 6.14. The molecule has 2 rings (SSSR count). The second-order valence-corrected chi connectivity index (χ2v) is 4.67. The van der Waals surface area contributed by atoms with Gasteiger partial charge >= 0.3 is 5.97 Å². The molecule has 1 saturated carbocycles. The van der Waals surface area contributed by atoms with Crippen molar-refractivity contribution in [2.75, 3.05) is 0 Å². The lowest BCUT2D eigenvalue weighted by Crippen LogP contribution is -2.06. The molecule has 0 bridgehead atoms. The summed E-state index contributed by atoms with van der Waals surface area (Å²) in [6, 6.07) is 7.36. The number of carboxylic acids is 1. The van der Waals surface area contributed by atoms with Crippen LogP contribution >= 0.6 is 0 Å². The molecule has 0 amide bonds. The molecule has 1 fully saturated rings. The molecule has 1 atom stereocenters. The van der Waals surface area contributed by atoms with Crippen molar-refractivity contribution < 1.29 is 14.7 Å². The first kappa shape index (κ1) is 12.6. The van der Waals surface area contributed by atoms with Crippen LogP contribution < -0.4 is 0 Å². The number of rotatable bonds is 3. The quantitative estimate of drug-likeness (QED) is 0.831. The van der Waals surface area contributed by atoms with E-state index < -0.39 is 11.9 Å². The summed E-state index contributed by atoms with van der Waals surface area (Å²) in [4.78, 5) is 22.3. The number of ketones is 1. The molecular weight excluding hydrogens is 228 g/mol. The van der Waals surface area contributed by atoms with Crippen LogP contribution in [0.3, 0.4) is 0 Å². The maximum atomic E-state index is 11.5. The summed E-state index contributed by atoms with van der Waals surface area (Å²) in [6.45, 7) is 1.66. The zero-order valence-electron chi connectivity index (χ0n) is 10.3. The van der Waals surface area contributed by atoms with Gasteiger partial charge in [-0.25, -0.2) is 0 Å². The number of aliphatic carboxylic acids is 1. The topological polar surface area (TPSA) is 54.4 Å². The summed E-state index contributed by atoms with van der Waals surface area (Å²) in [5, 5.41) is 8.91. The summed E-state index contributed by atoms with van der Waals surface area (Å²) >= 11 is 0. The van der Waals surface area contributed by atoms with Crippen molar-refractivity contribution in [2.24, 2.45) is 0 Å². The average molecular weight is 244 g/mol. The van der Waals surface area contributed by atoms with Crippen LogP contribution in [0.4, 0.5) is 0 Å². The molecule has 94 valence electrons. The van der Waals surface area contributed by atoms with E-state index in [0.717, 1.165) is 29.5 Å². The highest BCUT2D eigenvalue weighted by Crippen LogP contribution is 2.23. The number of carboxylic acid groups (broad SMARTS) is 1. The Kier molecular flexibility index (Phi) is 3.60. The Labute approximate surface area is 106 Å². The third kappa shape index (κ3) is 2.67. The first-order chi connectivity index (χ1) is 8.58. The van der Waals surface area contributed by atoms with Crippen molar-refractivity contribution in [2.45, 2.75) is 32.1 Å². The van der Waals surface area contributed by atoms with Gasteiger partial charge in [0.2, 0.25) is 0 Å². The van der Waals surface area contributed by atoms with E-state index in [1.165, 1.54) is 0 Å². The highest BCUT2D eigenvalue weighted by molar-refractivity contribution is 6.01. The van der Waals surface area contributed by atoms with Gasteiger partial charge in [-0.05, 0) is 42.5 Å². The Balaban J connectivity index is 2.18. The van der Waals surface area contributed by atoms with Crippen LogP contribution in [0.25, 0.3) is 6.08 Å². The third-order valence-corrected chi connectivity index (χ3v) is 3.36. The molecule has 1 N–H and O–H groups in total. The van der Waals surface area contributed by atoms with Crippen LogP contribution in [0.1, 0.15) is 43.2 Å². The molecule has 1 aromatic rings. The second kappa shape index (κ2) is 5.17. The van der Waals surface area contributed by atoms with Gasteiger partial charge in [-0.3, -0.25) is 9.59 Å². The summed E-state index contributed by atoms with van der Waals surface area (Å²) in [5.74, 6) is -1.09. The van der Waals surface area contributed by atoms with Crippen LogP contribution in [0.15, 0.2) is 29.8 Å². The van der Waals surface area contributed by atoms with Crippen molar-refractivity contribution in [3.8, 4) is 0 Å². The van der Waals surface area contributed by atoms with Crippen molar-refractivity contribution >= 4 is 17.8 Å². The van der Waals surface area contributed by atoms with Crippen LogP contribution in [0.2, 0.25) is 0 Å². The number of Topliss-reactive ketones (excluding diaryl/α,β-unsaturated/α-hetero) is 1. The number of allylic oxidation sites excluding steroid dienone is 1. The van der Waals surface area contributed by atoms with Crippen LogP contribution in [-0.2, 0) is 9.59 Å². The summed E-state index contributed by atoms with van der Waals surface area (Å²) in [5.41, 5.74) is 2.62. The largest absolute Gasteiger partial charge is 0.481 e. The number of benzene rings is 1. The number of hydrogen-bond donors (Lipinski definition) is 1. The lowest BCUT2D eigenvalue weighted by molar-refractivity contribution is -0.138. The highest BCUT2D eigenvalue weighted by Gasteiger charge is 2.17. The van der Waals surface area contributed by atoms with Gasteiger partial charge in [0, 0.05) is 6.42 Å². The van der Waals surface area contributed by atoms with E-state index in [0.29, 0.717) is 6.42 Å². The van der Waals surface area contributed by atoms with E-state index in [-0.39, 0.29) is 5.78 Å². The molecular formula is C15H16O3. The third-order valence-electron chi connectivity index (χ3n) is 3.36. The fraction of sp³-hybridized carbons (Fsp3) is 0.333. The standard InChI is InChI=1S/C15H16O3/c1-10(15(17)18)12-7-5-11(6-8-12)9-13-3-2-4-14(13)16/h5-10H,2-4H2,1H3,(H,17,18)/b13-9+. The van der Waals surface area contributed by atoms with Gasteiger partial charge in [0.1, 0.15) is 0 Å². The summed E-state index contributed by atoms with van der Waals surface area (Å²) in [7, 11) is 0. The lowest BCUT2D eigenvalue weighted by atomic mass is 9.99. The smallest absolute Gasteiger partial charge is 0.310 e. The van der Waals surface area contributed by atoms with Gasteiger partial charge < -0.3 is 5.11 Å². The Morgan fingerprint density at radius 1 is 1.28 bits per heavy atom. The van der Waals surface area contributed by atoms with E-state index in [9.17, 15) is 9.59 Å². The average Bonchev–Trinajstić information content (AvgIpc) is 2.75. The number of hydrogen-bond acceptors (Lipinski definition) is 2. The van der Waals surface area contributed by atoms with Crippen molar-refractivity contribution in [1.82, 2.24) is 0 Å². The molecule has 3 heteroatoms. The van der Waals surface area contributed by atoms with Crippen LogP contribution in [0, 0.1) is 0 Å². The minimum absolute atomic E-state index is 0.234. The minimum Gasteiger partial charge on any atom is -0.481 e. The number of carbonyl (C=O) groups excluding carboxylic acids is 1. The summed E-state index contributed by atoms with van der Waals surface area (Å²) < 4.78 is 0. The predicted octanol–water partition coefficient (Wildman–Crippen LogP) is 3.01. The van der Waals surface area contributed by atoms with Gasteiger partial charge in [-0.2, -0.15) is 0 Å². The molecule has 1 unspecified atom stereocenters. The molecule has 1 aromatic carbocycles. The van der Waals surface area contributed by atoms with Crippen molar-refractivity contribution in [1.29, 1.82) is 0 Å². The van der Waals surface area contributed by atoms with Gasteiger partial charge in [0.15, 0.2) is 5.78 Å². The van der Waals surface area contributed by atoms with E-state index in [2.05, 4.69) is 0 Å². The molecule has 0 heterocycles. The fourth-order valence-corrected chi connectivity index (χ4v) is 2.12. The Bertz CT molecular complexity index is 497. The molecule has 1 aliphatic carbocycles. The van der Waals surface area contributed by atoms with Gasteiger partial charge in [0.25, 0.3) is 0 Å². The molecule has 1 aliphatic rings. The SMILES string of the molecule is CC(C(=O)O)c1ccc(/C=C2\CCCC2=O)cc1. The Morgan fingerprint density at radius 2 is 1.94 bits per heavy atom. The molecule has 0 saturated heterocycles. The molecule has 0 aromatic heterocycles. The second-order valence-electron chi connectivity index (χ2n) is 4.67. The van der Waals surface area contributed by atoms with E-state index in [1.54, 1.807) is 6.92 Å². The van der Waals surface area contributed by atoms with Crippen molar-refractivity contribution in [3.05, 3.63) is 41.0 Å². The summed E-state index contributed by atoms with van der Waals surface area (Å²) in [6.07, 6.45) is 4.36. The highest BCUT2D eigenvalue weighted by atomic mass is 16.4. The number of carbonyl (C=O) groups is 2. The zero-order chi connectivity index (χ0) is 13.1. The Hall–Kier alpha value is -1.90. The fourth-order valence-electron chi connectivity index (χ4n) is 2.12. The van der Waals surface area contributed by atoms with Gasteiger partial charge in [-0.15, -0.1) is 0 Å². The first-order valence-corrected chi connectivity index (χ1v) is 6.14. The molecule has 18 heavy (non-hydrogen) atoms. The van der Waals surface area contributed by atoms with Crippen LogP contribution in [-0.4, -0.2) is 16.9 Å². The maximum absolute atomic E-state index is 11.5. The zero-order valence-corrected chi connectivity index (χ0v) is 10.3. The van der Waals surface area contributed by atoms with Gasteiger partial charge in [-0.1, -0.05) is 24.3 Å². The molecule has 0 spiro atoms. The monoisotopic (exact) mass is 244 g/mol. The normalized spacial score (nSPS) is 19.2. The lowest BCUT2D eigenvalue weighted by Gasteiger charge is -2.06.